The van der Waals surface area contributed by atoms with Gasteiger partial charge in [0.05, 0.1) is 5.56 Å². The van der Waals surface area contributed by atoms with E-state index in [-0.39, 0.29) is 10.7 Å². The third kappa shape index (κ3) is 4.79. The molecule has 5 nitrogen and oxygen atoms in total. The highest BCUT2D eigenvalue weighted by Crippen LogP contribution is 2.26. The maximum atomic E-state index is 12.4. The molecule has 0 spiro atoms. The summed E-state index contributed by atoms with van der Waals surface area (Å²) in [5.74, 6) is -0.774. The fourth-order valence-corrected chi connectivity index (χ4v) is 2.51. The second-order valence-electron chi connectivity index (χ2n) is 5.78. The molecule has 0 radical (unpaired) electrons. The second kappa shape index (κ2) is 8.62. The fourth-order valence-electron chi connectivity index (χ4n) is 2.31. The van der Waals surface area contributed by atoms with Gasteiger partial charge in [0.15, 0.2) is 6.10 Å². The molecule has 0 saturated heterocycles. The molecule has 1 aromatic carbocycles. The van der Waals surface area contributed by atoms with Gasteiger partial charge in [-0.1, -0.05) is 43.6 Å². The normalized spacial score (nSPS) is 13.0. The first-order valence-corrected chi connectivity index (χ1v) is 8.53. The summed E-state index contributed by atoms with van der Waals surface area (Å²) in [7, 11) is 0. The van der Waals surface area contributed by atoms with Crippen LogP contribution in [0.15, 0.2) is 42.6 Å². The summed E-state index contributed by atoms with van der Waals surface area (Å²) < 4.78 is 5.20. The van der Waals surface area contributed by atoms with E-state index < -0.39 is 18.0 Å². The maximum Gasteiger partial charge on any atom is 0.342 e. The zero-order valence-electron chi connectivity index (χ0n) is 14.5. The number of para-hydroxylation sites is 1. The third-order valence-electron chi connectivity index (χ3n) is 3.99. The van der Waals surface area contributed by atoms with Crippen LogP contribution in [0, 0.1) is 0 Å². The van der Waals surface area contributed by atoms with E-state index in [1.807, 2.05) is 24.3 Å². The highest BCUT2D eigenvalue weighted by molar-refractivity contribution is 6.32. The number of carbonyl (C=O) groups is 2. The lowest BCUT2D eigenvalue weighted by Gasteiger charge is -2.18. The lowest BCUT2D eigenvalue weighted by atomic mass is 9.97. The Morgan fingerprint density at radius 3 is 2.60 bits per heavy atom. The molecule has 0 aliphatic rings. The van der Waals surface area contributed by atoms with Gasteiger partial charge in [0.2, 0.25) is 0 Å². The minimum Gasteiger partial charge on any atom is -0.449 e. The number of nitrogens with one attached hydrogen (secondary N) is 1. The minimum atomic E-state index is -0.964. The average Bonchev–Trinajstić information content (AvgIpc) is 2.61. The Labute approximate surface area is 152 Å². The molecule has 2 aromatic rings. The maximum absolute atomic E-state index is 12.4. The molecule has 1 heterocycles. The van der Waals surface area contributed by atoms with Gasteiger partial charge in [-0.2, -0.15) is 0 Å². The van der Waals surface area contributed by atoms with E-state index in [2.05, 4.69) is 24.1 Å². The molecule has 1 aromatic heterocycles. The molecule has 6 heteroatoms. The SMILES string of the molecule is CC[C@H](C)c1ccccc1NC(=O)[C@H](C)OC(=O)c1cccnc1Cl. The zero-order chi connectivity index (χ0) is 18.4. The van der Waals surface area contributed by atoms with E-state index in [9.17, 15) is 9.59 Å². The molecule has 0 aliphatic carbocycles. The Morgan fingerprint density at radius 2 is 1.92 bits per heavy atom. The third-order valence-corrected chi connectivity index (χ3v) is 4.30. The van der Waals surface area contributed by atoms with Gasteiger partial charge in [0, 0.05) is 11.9 Å². The van der Waals surface area contributed by atoms with Crippen LogP contribution in [-0.2, 0) is 9.53 Å². The molecular weight excluding hydrogens is 340 g/mol. The number of benzene rings is 1. The first-order valence-electron chi connectivity index (χ1n) is 8.15. The van der Waals surface area contributed by atoms with Crippen LogP contribution in [0.2, 0.25) is 5.15 Å². The number of pyridine rings is 1. The Kier molecular flexibility index (Phi) is 6.53. The van der Waals surface area contributed by atoms with E-state index in [1.165, 1.54) is 19.2 Å². The Hall–Kier alpha value is -2.40. The van der Waals surface area contributed by atoms with E-state index in [1.54, 1.807) is 6.07 Å². The van der Waals surface area contributed by atoms with Gasteiger partial charge < -0.3 is 10.1 Å². The van der Waals surface area contributed by atoms with Gasteiger partial charge in [0.1, 0.15) is 5.15 Å². The molecule has 1 N–H and O–H groups in total. The smallest absolute Gasteiger partial charge is 0.342 e. The van der Waals surface area contributed by atoms with E-state index in [4.69, 9.17) is 16.3 Å². The number of aromatic nitrogens is 1. The van der Waals surface area contributed by atoms with Gasteiger partial charge in [-0.05, 0) is 43.0 Å². The largest absolute Gasteiger partial charge is 0.449 e. The Balaban J connectivity index is 2.06. The lowest BCUT2D eigenvalue weighted by Crippen LogP contribution is -2.30. The minimum absolute atomic E-state index is 0.0437. The van der Waals surface area contributed by atoms with Crippen molar-refractivity contribution in [2.75, 3.05) is 5.32 Å². The fraction of sp³-hybridized carbons (Fsp3) is 0.316. The molecule has 2 atom stereocenters. The molecule has 0 bridgehead atoms. The Morgan fingerprint density at radius 1 is 1.20 bits per heavy atom. The van der Waals surface area contributed by atoms with Crippen molar-refractivity contribution >= 4 is 29.2 Å². The summed E-state index contributed by atoms with van der Waals surface area (Å²) in [5.41, 5.74) is 1.90. The Bertz CT molecular complexity index is 764. The van der Waals surface area contributed by atoms with E-state index in [0.29, 0.717) is 5.92 Å². The average molecular weight is 361 g/mol. The number of ether oxygens (including phenoxy) is 1. The van der Waals surface area contributed by atoms with Crippen LogP contribution in [0.5, 0.6) is 0 Å². The quantitative estimate of drug-likeness (QED) is 0.611. The first kappa shape index (κ1) is 18.9. The van der Waals surface area contributed by atoms with Gasteiger partial charge in [-0.3, -0.25) is 4.79 Å². The van der Waals surface area contributed by atoms with Gasteiger partial charge in [-0.15, -0.1) is 0 Å². The number of esters is 1. The van der Waals surface area contributed by atoms with Crippen LogP contribution in [0.25, 0.3) is 0 Å². The summed E-state index contributed by atoms with van der Waals surface area (Å²) in [4.78, 5) is 28.3. The second-order valence-corrected chi connectivity index (χ2v) is 6.13. The van der Waals surface area contributed by atoms with Crippen molar-refractivity contribution in [2.24, 2.45) is 0 Å². The predicted molar refractivity (Wildman–Crippen MR) is 97.9 cm³/mol. The van der Waals surface area contributed by atoms with Crippen molar-refractivity contribution in [1.82, 2.24) is 4.98 Å². The number of hydrogen-bond acceptors (Lipinski definition) is 4. The van der Waals surface area contributed by atoms with E-state index >= 15 is 0 Å². The molecule has 2 rings (SSSR count). The lowest BCUT2D eigenvalue weighted by molar-refractivity contribution is -0.123. The van der Waals surface area contributed by atoms with Gasteiger partial charge in [-0.25, -0.2) is 9.78 Å². The first-order chi connectivity index (χ1) is 11.9. The summed E-state index contributed by atoms with van der Waals surface area (Å²) in [6, 6.07) is 10.7. The topological polar surface area (TPSA) is 68.3 Å². The van der Waals surface area contributed by atoms with Gasteiger partial charge in [0.25, 0.3) is 5.91 Å². The molecule has 0 unspecified atom stereocenters. The molecule has 132 valence electrons. The van der Waals surface area contributed by atoms with Crippen LogP contribution in [-0.4, -0.2) is 23.0 Å². The van der Waals surface area contributed by atoms with Crippen molar-refractivity contribution in [3.05, 3.63) is 58.9 Å². The van der Waals surface area contributed by atoms with Crippen molar-refractivity contribution in [3.8, 4) is 0 Å². The monoisotopic (exact) mass is 360 g/mol. The van der Waals surface area contributed by atoms with Crippen molar-refractivity contribution in [2.45, 2.75) is 39.2 Å². The summed E-state index contributed by atoms with van der Waals surface area (Å²) in [5, 5.41) is 2.88. The summed E-state index contributed by atoms with van der Waals surface area (Å²) in [6.45, 7) is 5.70. The van der Waals surface area contributed by atoms with E-state index in [0.717, 1.165) is 17.7 Å². The summed E-state index contributed by atoms with van der Waals surface area (Å²) >= 11 is 5.87. The molecule has 1 amide bonds. The standard InChI is InChI=1S/C19H21ClN2O3/c1-4-12(2)14-8-5-6-10-16(14)22-18(23)13(3)25-19(24)15-9-7-11-21-17(15)20/h5-13H,4H2,1-3H3,(H,22,23)/t12-,13-/m0/s1. The number of rotatable bonds is 6. The number of amides is 1. The molecule has 0 saturated carbocycles. The number of hydrogen-bond donors (Lipinski definition) is 1. The molecule has 0 fully saturated rings. The summed E-state index contributed by atoms with van der Waals surface area (Å²) in [6.07, 6.45) is 1.46. The zero-order valence-corrected chi connectivity index (χ0v) is 15.2. The van der Waals surface area contributed by atoms with Crippen LogP contribution >= 0.6 is 11.6 Å². The predicted octanol–water partition coefficient (Wildman–Crippen LogP) is 4.43. The molecule has 25 heavy (non-hydrogen) atoms. The number of carbonyl (C=O) groups excluding carboxylic acids is 2. The van der Waals surface area contributed by atoms with Crippen LogP contribution in [0.4, 0.5) is 5.69 Å². The number of halogens is 1. The number of anilines is 1. The van der Waals surface area contributed by atoms with Crippen LogP contribution in [0.3, 0.4) is 0 Å². The van der Waals surface area contributed by atoms with Crippen molar-refractivity contribution in [3.63, 3.8) is 0 Å². The highest BCUT2D eigenvalue weighted by atomic mass is 35.5. The van der Waals surface area contributed by atoms with Crippen LogP contribution < -0.4 is 5.32 Å². The molecular formula is C19H21ClN2O3. The number of nitrogens with zero attached hydrogens (tertiary/aromatic N) is 1. The van der Waals surface area contributed by atoms with Crippen molar-refractivity contribution in [1.29, 1.82) is 0 Å². The van der Waals surface area contributed by atoms with Crippen LogP contribution in [0.1, 0.15) is 49.0 Å². The molecule has 0 aliphatic heterocycles. The highest BCUT2D eigenvalue weighted by Gasteiger charge is 2.22. The van der Waals surface area contributed by atoms with Gasteiger partial charge >= 0.3 is 5.97 Å². The van der Waals surface area contributed by atoms with Crippen molar-refractivity contribution < 1.29 is 14.3 Å².